The molecule has 0 spiro atoms. The maximum absolute atomic E-state index is 13.4. The van der Waals surface area contributed by atoms with Crippen molar-refractivity contribution < 1.29 is 18.9 Å². The van der Waals surface area contributed by atoms with Crippen LogP contribution in [-0.2, 0) is 4.79 Å². The number of nitrogens with one attached hydrogen (secondary N) is 2. The van der Waals surface area contributed by atoms with E-state index in [1.54, 1.807) is 6.07 Å². The van der Waals surface area contributed by atoms with Crippen molar-refractivity contribution >= 4 is 23.6 Å². The van der Waals surface area contributed by atoms with E-state index in [0.717, 1.165) is 12.1 Å². The van der Waals surface area contributed by atoms with E-state index < -0.39 is 22.6 Å². The zero-order valence-electron chi connectivity index (χ0n) is 12.2. The number of para-hydroxylation sites is 1. The lowest BCUT2D eigenvalue weighted by Gasteiger charge is -2.05. The van der Waals surface area contributed by atoms with Gasteiger partial charge in [-0.3, -0.25) is 30.6 Å². The van der Waals surface area contributed by atoms with Crippen molar-refractivity contribution in [1.29, 1.82) is 0 Å². The van der Waals surface area contributed by atoms with Gasteiger partial charge in [0.1, 0.15) is 5.82 Å². The first-order valence-corrected chi connectivity index (χ1v) is 6.75. The fourth-order valence-corrected chi connectivity index (χ4v) is 1.83. The molecule has 0 aromatic heterocycles. The molecule has 7 nitrogen and oxygen atoms in total. The Hall–Kier alpha value is -3.55. The van der Waals surface area contributed by atoms with Gasteiger partial charge in [-0.2, -0.15) is 0 Å². The molecule has 2 rings (SSSR count). The number of hydrazine groups is 1. The summed E-state index contributed by atoms with van der Waals surface area (Å²) in [6, 6.07) is 11.2. The molecular formula is C16H12FN3O4. The van der Waals surface area contributed by atoms with Crippen molar-refractivity contribution in [2.75, 3.05) is 0 Å². The number of carbonyl (C=O) groups excluding carboxylic acids is 2. The van der Waals surface area contributed by atoms with Gasteiger partial charge in [0.25, 0.3) is 17.5 Å². The summed E-state index contributed by atoms with van der Waals surface area (Å²) in [5, 5.41) is 10.8. The number of hydrogen-bond acceptors (Lipinski definition) is 4. The van der Waals surface area contributed by atoms with Crippen molar-refractivity contribution in [3.8, 4) is 0 Å². The van der Waals surface area contributed by atoms with Gasteiger partial charge in [-0.05, 0) is 24.3 Å². The van der Waals surface area contributed by atoms with Gasteiger partial charge in [-0.1, -0.05) is 24.3 Å². The second-order valence-corrected chi connectivity index (χ2v) is 4.57. The summed E-state index contributed by atoms with van der Waals surface area (Å²) in [6.45, 7) is 0. The second kappa shape index (κ2) is 7.63. The standard InChI is InChI=1S/C16H12FN3O4/c17-13-7-3-2-6-12(13)16(22)19-18-15(21)10-9-11-5-1-4-8-14(11)20(23)24/h1-10H,(H,18,21)(H,19,22)/b10-9-. The van der Waals surface area contributed by atoms with Crippen LogP contribution in [0.1, 0.15) is 15.9 Å². The van der Waals surface area contributed by atoms with Gasteiger partial charge in [0, 0.05) is 12.1 Å². The summed E-state index contributed by atoms with van der Waals surface area (Å²) < 4.78 is 13.4. The average Bonchev–Trinajstić information content (AvgIpc) is 2.58. The molecule has 24 heavy (non-hydrogen) atoms. The molecule has 0 atom stereocenters. The minimum atomic E-state index is -0.819. The van der Waals surface area contributed by atoms with Crippen LogP contribution in [0.3, 0.4) is 0 Å². The maximum Gasteiger partial charge on any atom is 0.276 e. The van der Waals surface area contributed by atoms with Gasteiger partial charge in [-0.15, -0.1) is 0 Å². The maximum atomic E-state index is 13.4. The quantitative estimate of drug-likeness (QED) is 0.510. The van der Waals surface area contributed by atoms with Gasteiger partial charge in [0.15, 0.2) is 0 Å². The van der Waals surface area contributed by atoms with Crippen LogP contribution >= 0.6 is 0 Å². The largest absolute Gasteiger partial charge is 0.276 e. The molecule has 122 valence electrons. The fourth-order valence-electron chi connectivity index (χ4n) is 1.83. The lowest BCUT2D eigenvalue weighted by molar-refractivity contribution is -0.385. The predicted octanol–water partition coefficient (Wildman–Crippen LogP) is 2.21. The van der Waals surface area contributed by atoms with Crippen LogP contribution in [0, 0.1) is 15.9 Å². The highest BCUT2D eigenvalue weighted by molar-refractivity contribution is 5.98. The lowest BCUT2D eigenvalue weighted by atomic mass is 10.1. The van der Waals surface area contributed by atoms with Gasteiger partial charge >= 0.3 is 0 Å². The van der Waals surface area contributed by atoms with E-state index in [9.17, 15) is 24.1 Å². The third kappa shape index (κ3) is 4.23. The number of nitro benzene ring substituents is 1. The molecule has 0 saturated heterocycles. The Balaban J connectivity index is 1.98. The van der Waals surface area contributed by atoms with Crippen LogP contribution in [0.5, 0.6) is 0 Å². The van der Waals surface area contributed by atoms with Crippen LogP contribution in [-0.4, -0.2) is 16.7 Å². The average molecular weight is 329 g/mol. The monoisotopic (exact) mass is 329 g/mol. The molecule has 0 aliphatic heterocycles. The summed E-state index contributed by atoms with van der Waals surface area (Å²) in [7, 11) is 0. The highest BCUT2D eigenvalue weighted by atomic mass is 19.1. The van der Waals surface area contributed by atoms with Gasteiger partial charge in [0.05, 0.1) is 16.1 Å². The summed E-state index contributed by atoms with van der Waals surface area (Å²) >= 11 is 0. The lowest BCUT2D eigenvalue weighted by Crippen LogP contribution is -2.41. The number of amides is 2. The van der Waals surface area contributed by atoms with Crippen LogP contribution in [0.4, 0.5) is 10.1 Å². The molecule has 8 heteroatoms. The number of rotatable bonds is 4. The Morgan fingerprint density at radius 3 is 2.42 bits per heavy atom. The molecular weight excluding hydrogens is 317 g/mol. The third-order valence-electron chi connectivity index (χ3n) is 2.97. The molecule has 0 fully saturated rings. The number of hydrogen-bond donors (Lipinski definition) is 2. The molecule has 2 aromatic rings. The van der Waals surface area contributed by atoms with Crippen LogP contribution < -0.4 is 10.9 Å². The molecule has 0 aliphatic carbocycles. The third-order valence-corrected chi connectivity index (χ3v) is 2.97. The van der Waals surface area contributed by atoms with Crippen LogP contribution in [0.25, 0.3) is 6.08 Å². The van der Waals surface area contributed by atoms with E-state index in [2.05, 4.69) is 5.43 Å². The fraction of sp³-hybridized carbons (Fsp3) is 0. The molecule has 2 amide bonds. The topological polar surface area (TPSA) is 101 Å². The number of benzene rings is 2. The van der Waals surface area contributed by atoms with E-state index in [0.29, 0.717) is 0 Å². The molecule has 0 radical (unpaired) electrons. The minimum absolute atomic E-state index is 0.156. The zero-order chi connectivity index (χ0) is 17.5. The summed E-state index contributed by atoms with van der Waals surface area (Å²) in [6.07, 6.45) is 2.26. The van der Waals surface area contributed by atoms with E-state index in [4.69, 9.17) is 0 Å². The smallest absolute Gasteiger partial charge is 0.268 e. The summed E-state index contributed by atoms with van der Waals surface area (Å²) in [5.74, 6) is -2.27. The highest BCUT2D eigenvalue weighted by Gasteiger charge is 2.12. The first-order chi connectivity index (χ1) is 11.5. The van der Waals surface area contributed by atoms with Crippen molar-refractivity contribution in [3.63, 3.8) is 0 Å². The van der Waals surface area contributed by atoms with E-state index in [1.807, 2.05) is 5.43 Å². The van der Waals surface area contributed by atoms with E-state index in [1.165, 1.54) is 42.5 Å². The molecule has 0 unspecified atom stereocenters. The van der Waals surface area contributed by atoms with Crippen LogP contribution in [0.2, 0.25) is 0 Å². The van der Waals surface area contributed by atoms with Gasteiger partial charge in [-0.25, -0.2) is 4.39 Å². The summed E-state index contributed by atoms with van der Waals surface area (Å²) in [5.41, 5.74) is 3.97. The normalized spacial score (nSPS) is 10.4. The van der Waals surface area contributed by atoms with Gasteiger partial charge < -0.3 is 0 Å². The number of nitro groups is 1. The number of carbonyl (C=O) groups is 2. The number of nitrogens with zero attached hydrogens (tertiary/aromatic N) is 1. The Morgan fingerprint density at radius 1 is 1.04 bits per heavy atom. The van der Waals surface area contributed by atoms with Crippen molar-refractivity contribution in [3.05, 3.63) is 81.7 Å². The molecule has 0 bridgehead atoms. The Kier molecular flexibility index (Phi) is 5.35. The Morgan fingerprint density at radius 2 is 1.71 bits per heavy atom. The van der Waals surface area contributed by atoms with E-state index >= 15 is 0 Å². The molecule has 0 heterocycles. The molecule has 2 N–H and O–H groups in total. The first kappa shape index (κ1) is 16.8. The molecule has 0 aliphatic rings. The van der Waals surface area contributed by atoms with Crippen molar-refractivity contribution in [1.82, 2.24) is 10.9 Å². The SMILES string of the molecule is O=C(/C=C\c1ccccc1[N+](=O)[O-])NNC(=O)c1ccccc1F. The summed E-state index contributed by atoms with van der Waals surface area (Å²) in [4.78, 5) is 33.6. The van der Waals surface area contributed by atoms with Crippen LogP contribution in [0.15, 0.2) is 54.6 Å². The zero-order valence-corrected chi connectivity index (χ0v) is 12.2. The van der Waals surface area contributed by atoms with Crippen molar-refractivity contribution in [2.45, 2.75) is 0 Å². The highest BCUT2D eigenvalue weighted by Crippen LogP contribution is 2.18. The van der Waals surface area contributed by atoms with E-state index in [-0.39, 0.29) is 16.8 Å². The Bertz CT molecular complexity index is 820. The first-order valence-electron chi connectivity index (χ1n) is 6.75. The Labute approximate surface area is 135 Å². The second-order valence-electron chi connectivity index (χ2n) is 4.57. The molecule has 2 aromatic carbocycles. The predicted molar refractivity (Wildman–Crippen MR) is 84.1 cm³/mol. The van der Waals surface area contributed by atoms with Gasteiger partial charge in [0.2, 0.25) is 0 Å². The number of halogens is 1. The molecule has 0 saturated carbocycles. The van der Waals surface area contributed by atoms with Crippen molar-refractivity contribution in [2.24, 2.45) is 0 Å². The minimum Gasteiger partial charge on any atom is -0.268 e.